The smallest absolute Gasteiger partial charge is 0.279 e. The van der Waals surface area contributed by atoms with Crippen molar-refractivity contribution in [3.63, 3.8) is 0 Å². The SMILES string of the molecule is Cc1nn2c(C3CCOCC3)ncc2c(=O)n1Cc1ccc(F)cc1. The lowest BCUT2D eigenvalue weighted by molar-refractivity contribution is 0.0832. The van der Waals surface area contributed by atoms with E-state index in [2.05, 4.69) is 10.1 Å². The second-order valence-electron chi connectivity index (χ2n) is 6.37. The number of hydrogen-bond donors (Lipinski definition) is 0. The van der Waals surface area contributed by atoms with E-state index >= 15 is 0 Å². The highest BCUT2D eigenvalue weighted by molar-refractivity contribution is 5.43. The normalized spacial score (nSPS) is 15.8. The van der Waals surface area contributed by atoms with Crippen molar-refractivity contribution < 1.29 is 9.13 Å². The zero-order valence-corrected chi connectivity index (χ0v) is 14.0. The summed E-state index contributed by atoms with van der Waals surface area (Å²) in [6, 6.07) is 6.14. The molecular weight excluding hydrogens is 323 g/mol. The summed E-state index contributed by atoms with van der Waals surface area (Å²) in [4.78, 5) is 17.3. The number of nitrogens with zero attached hydrogens (tertiary/aromatic N) is 4. The fourth-order valence-electron chi connectivity index (χ4n) is 3.29. The molecule has 1 aromatic carbocycles. The maximum absolute atomic E-state index is 13.1. The second kappa shape index (κ2) is 6.40. The average molecular weight is 342 g/mol. The van der Waals surface area contributed by atoms with E-state index in [1.807, 2.05) is 0 Å². The van der Waals surface area contributed by atoms with Gasteiger partial charge in [0.2, 0.25) is 0 Å². The molecule has 1 fully saturated rings. The largest absolute Gasteiger partial charge is 0.381 e. The Labute approximate surface area is 143 Å². The van der Waals surface area contributed by atoms with E-state index in [4.69, 9.17) is 4.74 Å². The van der Waals surface area contributed by atoms with E-state index in [1.54, 1.807) is 34.3 Å². The summed E-state index contributed by atoms with van der Waals surface area (Å²) in [7, 11) is 0. The first-order valence-corrected chi connectivity index (χ1v) is 8.41. The number of rotatable bonds is 3. The Morgan fingerprint density at radius 1 is 1.24 bits per heavy atom. The van der Waals surface area contributed by atoms with Crippen LogP contribution in [0, 0.1) is 12.7 Å². The highest BCUT2D eigenvalue weighted by Gasteiger charge is 2.22. The number of hydrogen-bond acceptors (Lipinski definition) is 4. The molecule has 0 saturated carbocycles. The number of ether oxygens (including phenoxy) is 1. The molecule has 1 aliphatic heterocycles. The van der Waals surface area contributed by atoms with Crippen LogP contribution in [0.4, 0.5) is 4.39 Å². The highest BCUT2D eigenvalue weighted by Crippen LogP contribution is 2.25. The number of benzene rings is 1. The molecule has 130 valence electrons. The maximum atomic E-state index is 13.1. The van der Waals surface area contributed by atoms with Gasteiger partial charge in [0.1, 0.15) is 17.5 Å². The Morgan fingerprint density at radius 3 is 2.68 bits per heavy atom. The van der Waals surface area contributed by atoms with E-state index < -0.39 is 0 Å². The molecular formula is C18H19FN4O2. The molecule has 7 heteroatoms. The molecule has 2 aromatic heterocycles. The molecule has 0 radical (unpaired) electrons. The first-order chi connectivity index (χ1) is 12.1. The zero-order chi connectivity index (χ0) is 17.4. The summed E-state index contributed by atoms with van der Waals surface area (Å²) < 4.78 is 21.7. The van der Waals surface area contributed by atoms with Gasteiger partial charge in [-0.05, 0) is 37.5 Å². The first kappa shape index (κ1) is 16.0. The van der Waals surface area contributed by atoms with Crippen LogP contribution in [0.3, 0.4) is 0 Å². The van der Waals surface area contributed by atoms with E-state index in [0.717, 1.165) is 24.2 Å². The van der Waals surface area contributed by atoms with Crippen LogP contribution in [-0.2, 0) is 11.3 Å². The topological polar surface area (TPSA) is 61.4 Å². The summed E-state index contributed by atoms with van der Waals surface area (Å²) in [5.41, 5.74) is 1.18. The third-order valence-corrected chi connectivity index (χ3v) is 4.70. The molecule has 0 spiro atoms. The molecule has 0 N–H and O–H groups in total. The molecule has 3 aromatic rings. The molecule has 0 aliphatic carbocycles. The maximum Gasteiger partial charge on any atom is 0.279 e. The van der Waals surface area contributed by atoms with E-state index in [-0.39, 0.29) is 17.3 Å². The quantitative estimate of drug-likeness (QED) is 0.733. The molecule has 1 saturated heterocycles. The van der Waals surface area contributed by atoms with Gasteiger partial charge < -0.3 is 4.74 Å². The Kier molecular flexibility index (Phi) is 4.09. The van der Waals surface area contributed by atoms with Gasteiger partial charge in [-0.2, -0.15) is 5.10 Å². The summed E-state index contributed by atoms with van der Waals surface area (Å²) in [5.74, 6) is 1.40. The van der Waals surface area contributed by atoms with Crippen molar-refractivity contribution in [2.45, 2.75) is 32.2 Å². The predicted molar refractivity (Wildman–Crippen MR) is 90.3 cm³/mol. The Hall–Kier alpha value is -2.54. The van der Waals surface area contributed by atoms with Crippen LogP contribution in [0.25, 0.3) is 5.52 Å². The first-order valence-electron chi connectivity index (χ1n) is 8.41. The Morgan fingerprint density at radius 2 is 1.96 bits per heavy atom. The molecule has 1 aliphatic rings. The lowest BCUT2D eigenvalue weighted by Gasteiger charge is -2.20. The van der Waals surface area contributed by atoms with Crippen molar-refractivity contribution >= 4 is 5.52 Å². The minimum atomic E-state index is -0.293. The number of halogens is 1. The van der Waals surface area contributed by atoms with Crippen molar-refractivity contribution in [1.82, 2.24) is 19.2 Å². The lowest BCUT2D eigenvalue weighted by Crippen LogP contribution is -2.27. The molecule has 25 heavy (non-hydrogen) atoms. The van der Waals surface area contributed by atoms with Crippen LogP contribution in [0.1, 0.15) is 36.0 Å². The van der Waals surface area contributed by atoms with Gasteiger partial charge in [0.15, 0.2) is 5.52 Å². The number of imidazole rings is 1. The highest BCUT2D eigenvalue weighted by atomic mass is 19.1. The average Bonchev–Trinajstić information content (AvgIpc) is 3.05. The van der Waals surface area contributed by atoms with Crippen LogP contribution < -0.4 is 5.56 Å². The molecule has 0 atom stereocenters. The van der Waals surface area contributed by atoms with Gasteiger partial charge in [0.05, 0.1) is 12.7 Å². The van der Waals surface area contributed by atoms with Gasteiger partial charge in [-0.3, -0.25) is 9.36 Å². The van der Waals surface area contributed by atoms with Crippen molar-refractivity contribution in [2.75, 3.05) is 13.2 Å². The minimum Gasteiger partial charge on any atom is -0.381 e. The Balaban J connectivity index is 1.74. The van der Waals surface area contributed by atoms with Gasteiger partial charge in [0, 0.05) is 19.1 Å². The van der Waals surface area contributed by atoms with Crippen LogP contribution >= 0.6 is 0 Å². The zero-order valence-electron chi connectivity index (χ0n) is 14.0. The van der Waals surface area contributed by atoms with Crippen LogP contribution in [0.15, 0.2) is 35.3 Å². The molecule has 4 rings (SSSR count). The standard InChI is InChI=1S/C18H19FN4O2/c1-12-21-23-16(10-20-17(23)14-6-8-25-9-7-14)18(24)22(12)11-13-2-4-15(19)5-3-13/h2-5,10,14H,6-9,11H2,1H3. The van der Waals surface area contributed by atoms with Crippen LogP contribution in [0.5, 0.6) is 0 Å². The fourth-order valence-corrected chi connectivity index (χ4v) is 3.29. The van der Waals surface area contributed by atoms with Gasteiger partial charge in [-0.1, -0.05) is 12.1 Å². The third-order valence-electron chi connectivity index (χ3n) is 4.70. The molecule has 0 bridgehead atoms. The molecule has 6 nitrogen and oxygen atoms in total. The minimum absolute atomic E-state index is 0.136. The number of aromatic nitrogens is 4. The second-order valence-corrected chi connectivity index (χ2v) is 6.37. The third kappa shape index (κ3) is 2.95. The predicted octanol–water partition coefficient (Wildman–Crippen LogP) is 2.28. The van der Waals surface area contributed by atoms with Crippen LogP contribution in [0.2, 0.25) is 0 Å². The van der Waals surface area contributed by atoms with Crippen molar-refractivity contribution in [3.8, 4) is 0 Å². The van der Waals surface area contributed by atoms with Gasteiger partial charge in [-0.25, -0.2) is 13.9 Å². The fraction of sp³-hybridized carbons (Fsp3) is 0.389. The van der Waals surface area contributed by atoms with Crippen LogP contribution in [-0.4, -0.2) is 32.4 Å². The summed E-state index contributed by atoms with van der Waals surface area (Å²) in [5, 5.41) is 4.59. The van der Waals surface area contributed by atoms with Crippen molar-refractivity contribution in [2.24, 2.45) is 0 Å². The van der Waals surface area contributed by atoms with Gasteiger partial charge in [0.25, 0.3) is 5.56 Å². The Bertz CT molecular complexity index is 956. The molecule has 3 heterocycles. The summed E-state index contributed by atoms with van der Waals surface area (Å²) in [6.45, 7) is 3.57. The number of aryl methyl sites for hydroxylation is 1. The summed E-state index contributed by atoms with van der Waals surface area (Å²) >= 11 is 0. The van der Waals surface area contributed by atoms with Gasteiger partial charge >= 0.3 is 0 Å². The van der Waals surface area contributed by atoms with E-state index in [9.17, 15) is 9.18 Å². The molecule has 0 unspecified atom stereocenters. The lowest BCUT2D eigenvalue weighted by atomic mass is 10.00. The monoisotopic (exact) mass is 342 g/mol. The summed E-state index contributed by atoms with van der Waals surface area (Å²) in [6.07, 6.45) is 3.37. The van der Waals surface area contributed by atoms with Gasteiger partial charge in [-0.15, -0.1) is 0 Å². The van der Waals surface area contributed by atoms with Crippen molar-refractivity contribution in [1.29, 1.82) is 0 Å². The van der Waals surface area contributed by atoms with E-state index in [1.165, 1.54) is 12.1 Å². The van der Waals surface area contributed by atoms with E-state index in [0.29, 0.717) is 31.1 Å². The molecule has 0 amide bonds. The van der Waals surface area contributed by atoms with Crippen molar-refractivity contribution in [3.05, 3.63) is 63.8 Å². The number of fused-ring (bicyclic) bond motifs is 1.